The average Bonchev–Trinajstić information content (AvgIpc) is 2.88. The summed E-state index contributed by atoms with van der Waals surface area (Å²) in [5.74, 6) is 0.820. The van der Waals surface area contributed by atoms with Crippen LogP contribution in [0.2, 0.25) is 0 Å². The van der Waals surface area contributed by atoms with Gasteiger partial charge in [-0.1, -0.05) is 0 Å². The first kappa shape index (κ1) is 13.4. The third-order valence-corrected chi connectivity index (χ3v) is 5.42. The van der Waals surface area contributed by atoms with Gasteiger partial charge < -0.3 is 10.4 Å². The summed E-state index contributed by atoms with van der Waals surface area (Å²) in [4.78, 5) is 24.1. The Balaban J connectivity index is 2.20. The monoisotopic (exact) mass is 285 g/mol. The number of aryl methyl sites for hydroxylation is 1. The molecule has 1 aromatic heterocycles. The molecule has 2 heterocycles. The summed E-state index contributed by atoms with van der Waals surface area (Å²) in [5.41, 5.74) is 0.972. The van der Waals surface area contributed by atoms with Crippen LogP contribution in [0, 0.1) is 19.8 Å². The van der Waals surface area contributed by atoms with E-state index in [-0.39, 0.29) is 17.4 Å². The normalized spacial score (nSPS) is 18.9. The zero-order valence-electron chi connectivity index (χ0n) is 10.3. The van der Waals surface area contributed by atoms with Gasteiger partial charge in [0.25, 0.3) is 0 Å². The first-order valence-corrected chi connectivity index (χ1v) is 7.69. The lowest BCUT2D eigenvalue weighted by Gasteiger charge is -2.09. The third-order valence-electron chi connectivity index (χ3n) is 3.14. The van der Waals surface area contributed by atoms with E-state index in [4.69, 9.17) is 0 Å². The predicted octanol–water partition coefficient (Wildman–Crippen LogP) is 2.75. The Morgan fingerprint density at radius 1 is 1.39 bits per heavy atom. The van der Waals surface area contributed by atoms with Crippen LogP contribution in [0.1, 0.15) is 27.2 Å². The van der Waals surface area contributed by atoms with Crippen molar-refractivity contribution in [2.45, 2.75) is 20.3 Å². The van der Waals surface area contributed by atoms with Gasteiger partial charge in [0, 0.05) is 16.5 Å². The van der Waals surface area contributed by atoms with Gasteiger partial charge in [0.1, 0.15) is 5.00 Å². The van der Waals surface area contributed by atoms with Crippen molar-refractivity contribution in [3.63, 3.8) is 0 Å². The molecule has 1 saturated heterocycles. The van der Waals surface area contributed by atoms with Crippen LogP contribution in [0.15, 0.2) is 0 Å². The molecule has 98 valence electrons. The van der Waals surface area contributed by atoms with Crippen molar-refractivity contribution in [1.29, 1.82) is 0 Å². The SMILES string of the molecule is Cc1sc(NC(=O)C2CCSC2)c(C(=O)O)c1C. The Bertz CT molecular complexity index is 490. The summed E-state index contributed by atoms with van der Waals surface area (Å²) in [6, 6.07) is 0. The van der Waals surface area contributed by atoms with Gasteiger partial charge in [-0.2, -0.15) is 11.8 Å². The molecule has 18 heavy (non-hydrogen) atoms. The standard InChI is InChI=1S/C12H15NO3S2/c1-6-7(2)18-11(9(6)12(15)16)13-10(14)8-3-4-17-5-8/h8H,3-5H2,1-2H3,(H,13,14)(H,15,16). The topological polar surface area (TPSA) is 66.4 Å². The summed E-state index contributed by atoms with van der Waals surface area (Å²) in [7, 11) is 0. The van der Waals surface area contributed by atoms with Crippen LogP contribution in [-0.4, -0.2) is 28.5 Å². The molecule has 0 saturated carbocycles. The highest BCUT2D eigenvalue weighted by atomic mass is 32.2. The summed E-state index contributed by atoms with van der Waals surface area (Å²) < 4.78 is 0. The zero-order valence-corrected chi connectivity index (χ0v) is 11.9. The van der Waals surface area contributed by atoms with Crippen LogP contribution in [0.3, 0.4) is 0 Å². The fraction of sp³-hybridized carbons (Fsp3) is 0.500. The maximum absolute atomic E-state index is 12.0. The molecule has 0 aliphatic carbocycles. The molecule has 2 N–H and O–H groups in total. The molecular weight excluding hydrogens is 270 g/mol. The van der Waals surface area contributed by atoms with Crippen LogP contribution >= 0.6 is 23.1 Å². The lowest BCUT2D eigenvalue weighted by atomic mass is 10.1. The van der Waals surface area contributed by atoms with Crippen molar-refractivity contribution in [3.05, 3.63) is 16.0 Å². The summed E-state index contributed by atoms with van der Waals surface area (Å²) >= 11 is 3.10. The third kappa shape index (κ3) is 2.54. The van der Waals surface area contributed by atoms with E-state index >= 15 is 0 Å². The minimum atomic E-state index is -0.979. The average molecular weight is 285 g/mol. The number of rotatable bonds is 3. The van der Waals surface area contributed by atoms with E-state index in [1.165, 1.54) is 11.3 Å². The number of nitrogens with one attached hydrogen (secondary N) is 1. The van der Waals surface area contributed by atoms with E-state index in [9.17, 15) is 14.7 Å². The van der Waals surface area contributed by atoms with Crippen molar-refractivity contribution >= 4 is 40.0 Å². The van der Waals surface area contributed by atoms with Crippen LogP contribution in [-0.2, 0) is 4.79 Å². The molecule has 0 radical (unpaired) electrons. The van der Waals surface area contributed by atoms with Gasteiger partial charge in [-0.3, -0.25) is 4.79 Å². The molecule has 0 bridgehead atoms. The summed E-state index contributed by atoms with van der Waals surface area (Å²) in [6.45, 7) is 3.64. The fourth-order valence-electron chi connectivity index (χ4n) is 1.93. The Kier molecular flexibility index (Phi) is 3.97. The number of thioether (sulfide) groups is 1. The maximum atomic E-state index is 12.0. The Labute approximate surface area is 114 Å². The molecule has 2 rings (SSSR count). The Morgan fingerprint density at radius 2 is 2.11 bits per heavy atom. The Morgan fingerprint density at radius 3 is 2.67 bits per heavy atom. The first-order chi connectivity index (χ1) is 8.50. The quantitative estimate of drug-likeness (QED) is 0.896. The highest BCUT2D eigenvalue weighted by Gasteiger charge is 2.26. The van der Waals surface area contributed by atoms with Gasteiger partial charge in [0.05, 0.1) is 5.56 Å². The van der Waals surface area contributed by atoms with E-state index < -0.39 is 5.97 Å². The molecule has 4 nitrogen and oxygen atoms in total. The van der Waals surface area contributed by atoms with Gasteiger partial charge in [0.15, 0.2) is 0 Å². The Hall–Kier alpha value is -1.01. The number of thiophene rings is 1. The minimum absolute atomic E-state index is 0.0133. The van der Waals surface area contributed by atoms with Gasteiger partial charge >= 0.3 is 5.97 Å². The molecule has 1 amide bonds. The van der Waals surface area contributed by atoms with Crippen LogP contribution < -0.4 is 5.32 Å². The van der Waals surface area contributed by atoms with Crippen molar-refractivity contribution in [3.8, 4) is 0 Å². The van der Waals surface area contributed by atoms with Crippen molar-refractivity contribution in [2.75, 3.05) is 16.8 Å². The van der Waals surface area contributed by atoms with Crippen molar-refractivity contribution in [2.24, 2.45) is 5.92 Å². The van der Waals surface area contributed by atoms with Crippen molar-refractivity contribution < 1.29 is 14.7 Å². The number of anilines is 1. The summed E-state index contributed by atoms with van der Waals surface area (Å²) in [5, 5.41) is 12.4. The summed E-state index contributed by atoms with van der Waals surface area (Å²) in [6.07, 6.45) is 0.877. The maximum Gasteiger partial charge on any atom is 0.338 e. The first-order valence-electron chi connectivity index (χ1n) is 5.72. The molecule has 1 aliphatic rings. The van der Waals surface area contributed by atoms with E-state index in [0.29, 0.717) is 5.00 Å². The van der Waals surface area contributed by atoms with E-state index in [1.54, 1.807) is 18.7 Å². The number of amides is 1. The molecule has 1 unspecified atom stereocenters. The highest BCUT2D eigenvalue weighted by molar-refractivity contribution is 7.99. The second kappa shape index (κ2) is 5.32. The van der Waals surface area contributed by atoms with Crippen LogP contribution in [0.5, 0.6) is 0 Å². The lowest BCUT2D eigenvalue weighted by Crippen LogP contribution is -2.22. The molecule has 1 aliphatic heterocycles. The number of hydrogen-bond acceptors (Lipinski definition) is 4. The molecule has 6 heteroatoms. The van der Waals surface area contributed by atoms with Gasteiger partial charge in [-0.15, -0.1) is 11.3 Å². The van der Waals surface area contributed by atoms with Crippen LogP contribution in [0.4, 0.5) is 5.00 Å². The van der Waals surface area contributed by atoms with E-state index in [0.717, 1.165) is 28.4 Å². The van der Waals surface area contributed by atoms with Gasteiger partial charge in [-0.05, 0) is 31.6 Å². The zero-order chi connectivity index (χ0) is 13.3. The van der Waals surface area contributed by atoms with E-state index in [2.05, 4.69) is 5.32 Å². The molecule has 0 spiro atoms. The smallest absolute Gasteiger partial charge is 0.338 e. The van der Waals surface area contributed by atoms with Gasteiger partial charge in [0.2, 0.25) is 5.91 Å². The predicted molar refractivity (Wildman–Crippen MR) is 74.8 cm³/mol. The number of carboxylic acids is 1. The molecular formula is C12H15NO3S2. The number of carbonyl (C=O) groups is 2. The molecule has 0 aromatic carbocycles. The number of carboxylic acid groups (broad SMARTS) is 1. The van der Waals surface area contributed by atoms with Crippen molar-refractivity contribution in [1.82, 2.24) is 0 Å². The minimum Gasteiger partial charge on any atom is -0.478 e. The largest absolute Gasteiger partial charge is 0.478 e. The lowest BCUT2D eigenvalue weighted by molar-refractivity contribution is -0.119. The fourth-order valence-corrected chi connectivity index (χ4v) is 4.20. The second-order valence-corrected chi connectivity index (χ2v) is 6.72. The number of carbonyl (C=O) groups excluding carboxylic acids is 1. The molecule has 1 aromatic rings. The van der Waals surface area contributed by atoms with E-state index in [1.807, 2.05) is 6.92 Å². The second-order valence-electron chi connectivity index (χ2n) is 4.34. The number of hydrogen-bond donors (Lipinski definition) is 2. The number of aromatic carboxylic acids is 1. The van der Waals surface area contributed by atoms with Crippen LogP contribution in [0.25, 0.3) is 0 Å². The molecule has 1 fully saturated rings. The van der Waals surface area contributed by atoms with Gasteiger partial charge in [-0.25, -0.2) is 4.79 Å². The molecule has 1 atom stereocenters. The highest BCUT2D eigenvalue weighted by Crippen LogP contribution is 2.33.